The highest BCUT2D eigenvalue weighted by molar-refractivity contribution is 5.94. The molecular formula is C21H23FN2O2. The van der Waals surface area contributed by atoms with E-state index in [9.17, 15) is 14.0 Å². The van der Waals surface area contributed by atoms with Crippen LogP contribution in [0.2, 0.25) is 0 Å². The molecule has 2 aromatic rings. The van der Waals surface area contributed by atoms with Crippen molar-refractivity contribution in [2.45, 2.75) is 19.8 Å². The smallest absolute Gasteiger partial charge is 0.253 e. The van der Waals surface area contributed by atoms with Gasteiger partial charge < -0.3 is 9.80 Å². The summed E-state index contributed by atoms with van der Waals surface area (Å²) < 4.78 is 13.3. The maximum Gasteiger partial charge on any atom is 0.253 e. The van der Waals surface area contributed by atoms with Gasteiger partial charge in [0.05, 0.1) is 6.42 Å². The van der Waals surface area contributed by atoms with Crippen LogP contribution in [0.25, 0.3) is 0 Å². The third-order valence-electron chi connectivity index (χ3n) is 4.65. The molecule has 26 heavy (non-hydrogen) atoms. The first kappa shape index (κ1) is 18.1. The molecule has 0 aromatic heterocycles. The van der Waals surface area contributed by atoms with E-state index in [2.05, 4.69) is 0 Å². The van der Waals surface area contributed by atoms with Crippen molar-refractivity contribution < 1.29 is 14.0 Å². The number of nitrogens with zero attached hydrogens (tertiary/aromatic N) is 2. The minimum atomic E-state index is -0.332. The van der Waals surface area contributed by atoms with E-state index in [1.807, 2.05) is 36.1 Å². The molecule has 4 nitrogen and oxygen atoms in total. The zero-order chi connectivity index (χ0) is 18.5. The van der Waals surface area contributed by atoms with E-state index >= 15 is 0 Å². The van der Waals surface area contributed by atoms with Gasteiger partial charge in [-0.25, -0.2) is 4.39 Å². The summed E-state index contributed by atoms with van der Waals surface area (Å²) >= 11 is 0. The van der Waals surface area contributed by atoms with Gasteiger partial charge in [-0.15, -0.1) is 0 Å². The highest BCUT2D eigenvalue weighted by Crippen LogP contribution is 2.13. The summed E-state index contributed by atoms with van der Waals surface area (Å²) in [5.41, 5.74) is 2.41. The van der Waals surface area contributed by atoms with E-state index in [1.165, 1.54) is 12.1 Å². The van der Waals surface area contributed by atoms with Crippen molar-refractivity contribution in [2.75, 3.05) is 26.2 Å². The molecule has 0 bridgehead atoms. The number of benzene rings is 2. The van der Waals surface area contributed by atoms with Crippen molar-refractivity contribution in [3.8, 4) is 0 Å². The molecule has 1 aliphatic rings. The molecule has 0 N–H and O–H groups in total. The molecule has 3 rings (SSSR count). The lowest BCUT2D eigenvalue weighted by Gasteiger charge is -2.22. The van der Waals surface area contributed by atoms with Gasteiger partial charge in [0.25, 0.3) is 5.91 Å². The van der Waals surface area contributed by atoms with Crippen LogP contribution in [0.5, 0.6) is 0 Å². The number of aryl methyl sites for hydroxylation is 1. The SMILES string of the molecule is Cc1cccc(C(=O)N2CCCN(C(=O)Cc3cccc(F)c3)CC2)c1. The van der Waals surface area contributed by atoms with Crippen molar-refractivity contribution in [1.29, 1.82) is 0 Å². The van der Waals surface area contributed by atoms with Gasteiger partial charge in [-0.05, 0) is 43.2 Å². The lowest BCUT2D eigenvalue weighted by molar-refractivity contribution is -0.130. The Morgan fingerprint density at radius 2 is 1.69 bits per heavy atom. The largest absolute Gasteiger partial charge is 0.341 e. The molecule has 1 aliphatic heterocycles. The molecule has 0 unspecified atom stereocenters. The van der Waals surface area contributed by atoms with Crippen LogP contribution < -0.4 is 0 Å². The summed E-state index contributed by atoms with van der Waals surface area (Å²) in [6.45, 7) is 4.24. The maximum absolute atomic E-state index is 13.3. The van der Waals surface area contributed by atoms with Gasteiger partial charge in [-0.2, -0.15) is 0 Å². The minimum absolute atomic E-state index is 0.00753. The van der Waals surface area contributed by atoms with Crippen molar-refractivity contribution in [3.05, 3.63) is 71.0 Å². The lowest BCUT2D eigenvalue weighted by Crippen LogP contribution is -2.38. The monoisotopic (exact) mass is 354 g/mol. The third-order valence-corrected chi connectivity index (χ3v) is 4.65. The first-order valence-corrected chi connectivity index (χ1v) is 8.91. The van der Waals surface area contributed by atoms with Crippen molar-refractivity contribution in [1.82, 2.24) is 9.80 Å². The number of carbonyl (C=O) groups is 2. The Kier molecular flexibility index (Phi) is 5.66. The van der Waals surface area contributed by atoms with Crippen LogP contribution in [-0.4, -0.2) is 47.8 Å². The van der Waals surface area contributed by atoms with Crippen LogP contribution in [0.15, 0.2) is 48.5 Å². The van der Waals surface area contributed by atoms with E-state index in [4.69, 9.17) is 0 Å². The molecule has 1 heterocycles. The van der Waals surface area contributed by atoms with E-state index in [-0.39, 0.29) is 24.1 Å². The quantitative estimate of drug-likeness (QED) is 0.850. The minimum Gasteiger partial charge on any atom is -0.341 e. The van der Waals surface area contributed by atoms with Gasteiger partial charge in [-0.3, -0.25) is 9.59 Å². The number of hydrogen-bond acceptors (Lipinski definition) is 2. The fourth-order valence-electron chi connectivity index (χ4n) is 3.26. The molecule has 0 spiro atoms. The second-order valence-electron chi connectivity index (χ2n) is 6.70. The number of amides is 2. The predicted molar refractivity (Wildman–Crippen MR) is 98.4 cm³/mol. The average Bonchev–Trinajstić information content (AvgIpc) is 2.87. The Balaban J connectivity index is 1.61. The highest BCUT2D eigenvalue weighted by Gasteiger charge is 2.23. The van der Waals surface area contributed by atoms with Crippen molar-refractivity contribution >= 4 is 11.8 Å². The fourth-order valence-corrected chi connectivity index (χ4v) is 3.26. The molecule has 1 fully saturated rings. The van der Waals surface area contributed by atoms with Crippen LogP contribution in [0.4, 0.5) is 4.39 Å². The van der Waals surface area contributed by atoms with Gasteiger partial charge in [0.1, 0.15) is 5.82 Å². The number of hydrogen-bond donors (Lipinski definition) is 0. The molecule has 1 saturated heterocycles. The van der Waals surface area contributed by atoms with E-state index in [0.717, 1.165) is 12.0 Å². The van der Waals surface area contributed by atoms with Crippen molar-refractivity contribution in [3.63, 3.8) is 0 Å². The molecule has 5 heteroatoms. The molecular weight excluding hydrogens is 331 g/mol. The van der Waals surface area contributed by atoms with Crippen LogP contribution in [0, 0.1) is 12.7 Å². The summed E-state index contributed by atoms with van der Waals surface area (Å²) in [4.78, 5) is 28.8. The predicted octanol–water partition coefficient (Wildman–Crippen LogP) is 3.05. The normalized spacial score (nSPS) is 14.8. The number of carbonyl (C=O) groups excluding carboxylic acids is 2. The van der Waals surface area contributed by atoms with Crippen molar-refractivity contribution in [2.24, 2.45) is 0 Å². The van der Waals surface area contributed by atoms with Gasteiger partial charge in [0, 0.05) is 31.7 Å². The van der Waals surface area contributed by atoms with Gasteiger partial charge in [-0.1, -0.05) is 29.8 Å². The summed E-state index contributed by atoms with van der Waals surface area (Å²) in [5, 5.41) is 0. The Bertz CT molecular complexity index is 806. The van der Waals surface area contributed by atoms with Crippen LogP contribution in [0.3, 0.4) is 0 Å². The molecule has 2 aromatic carbocycles. The summed E-state index contributed by atoms with van der Waals surface area (Å²) in [6, 6.07) is 13.7. The van der Waals surface area contributed by atoms with E-state index in [1.54, 1.807) is 17.0 Å². The summed E-state index contributed by atoms with van der Waals surface area (Å²) in [5.74, 6) is -0.352. The second kappa shape index (κ2) is 8.13. The van der Waals surface area contributed by atoms with E-state index in [0.29, 0.717) is 37.3 Å². The lowest BCUT2D eigenvalue weighted by atomic mass is 10.1. The first-order valence-electron chi connectivity index (χ1n) is 8.91. The Labute approximate surface area is 153 Å². The molecule has 0 aliphatic carbocycles. The summed E-state index contributed by atoms with van der Waals surface area (Å²) in [6.07, 6.45) is 0.927. The third kappa shape index (κ3) is 4.48. The summed E-state index contributed by atoms with van der Waals surface area (Å²) in [7, 11) is 0. The number of rotatable bonds is 3. The molecule has 136 valence electrons. The maximum atomic E-state index is 13.3. The highest BCUT2D eigenvalue weighted by atomic mass is 19.1. The Morgan fingerprint density at radius 1 is 0.962 bits per heavy atom. The van der Waals surface area contributed by atoms with E-state index < -0.39 is 0 Å². The van der Waals surface area contributed by atoms with Gasteiger partial charge in [0.2, 0.25) is 5.91 Å². The molecule has 0 saturated carbocycles. The average molecular weight is 354 g/mol. The number of halogens is 1. The van der Waals surface area contributed by atoms with Crippen LogP contribution >= 0.6 is 0 Å². The van der Waals surface area contributed by atoms with Gasteiger partial charge in [0.15, 0.2) is 0 Å². The van der Waals surface area contributed by atoms with Crippen LogP contribution in [0.1, 0.15) is 27.9 Å². The zero-order valence-electron chi connectivity index (χ0n) is 15.0. The second-order valence-corrected chi connectivity index (χ2v) is 6.70. The van der Waals surface area contributed by atoms with Crippen LogP contribution in [-0.2, 0) is 11.2 Å². The molecule has 2 amide bonds. The zero-order valence-corrected chi connectivity index (χ0v) is 15.0. The first-order chi connectivity index (χ1) is 12.5. The Morgan fingerprint density at radius 3 is 2.46 bits per heavy atom. The molecule has 0 radical (unpaired) electrons. The van der Waals surface area contributed by atoms with Gasteiger partial charge >= 0.3 is 0 Å². The fraction of sp³-hybridized carbons (Fsp3) is 0.333. The standard InChI is InChI=1S/C21H23FN2O2/c1-16-5-2-7-18(13-16)21(26)24-10-4-9-23(11-12-24)20(25)15-17-6-3-8-19(22)14-17/h2-3,5-8,13-14H,4,9-12,15H2,1H3. The Hall–Kier alpha value is -2.69. The molecule has 0 atom stereocenters. The topological polar surface area (TPSA) is 40.6 Å².